The van der Waals surface area contributed by atoms with Gasteiger partial charge in [-0.1, -0.05) is 53.2 Å². The molecule has 18 heteroatoms. The van der Waals surface area contributed by atoms with Gasteiger partial charge in [0.1, 0.15) is 61.0 Å². The van der Waals surface area contributed by atoms with E-state index in [-0.39, 0.29) is 51.8 Å². The number of aliphatic hydroxyl groups excluding tert-OH is 12. The van der Waals surface area contributed by atoms with Crippen molar-refractivity contribution in [2.24, 2.45) is 51.2 Å². The second-order valence-corrected chi connectivity index (χ2v) is 23.5. The third-order valence-corrected chi connectivity index (χ3v) is 19.2. The highest BCUT2D eigenvalue weighted by atomic mass is 16.8. The smallest absolute Gasteiger partial charge is 0.187 e. The van der Waals surface area contributed by atoms with Crippen LogP contribution < -0.4 is 0 Å². The first-order valence-electron chi connectivity index (χ1n) is 24.9. The second-order valence-electron chi connectivity index (χ2n) is 23.5. The summed E-state index contributed by atoms with van der Waals surface area (Å²) >= 11 is 0. The van der Waals surface area contributed by atoms with E-state index in [4.69, 9.17) is 23.7 Å². The molecule has 25 atom stereocenters. The van der Waals surface area contributed by atoms with Gasteiger partial charge in [0, 0.05) is 23.4 Å². The molecule has 18 nitrogen and oxygen atoms in total. The van der Waals surface area contributed by atoms with Crippen LogP contribution in [0.15, 0.2) is 11.6 Å². The molecule has 0 aromatic rings. The first-order chi connectivity index (χ1) is 31.2. The minimum atomic E-state index is -1.94. The van der Waals surface area contributed by atoms with Crippen LogP contribution in [0.1, 0.15) is 113 Å². The molecule has 3 unspecified atom stereocenters. The predicted octanol–water partition coefficient (Wildman–Crippen LogP) is -0.392. The topological polar surface area (TPSA) is 309 Å². The van der Waals surface area contributed by atoms with Gasteiger partial charge in [-0.3, -0.25) is 0 Å². The lowest BCUT2D eigenvalue weighted by Crippen LogP contribution is -2.66. The molecule has 13 N–H and O–H groups in total. The van der Waals surface area contributed by atoms with Crippen LogP contribution in [0.25, 0.3) is 0 Å². The summed E-state index contributed by atoms with van der Waals surface area (Å²) in [4.78, 5) is 0. The summed E-state index contributed by atoms with van der Waals surface area (Å²) in [5.41, 5.74) is -1.18. The Bertz CT molecular complexity index is 1710. The van der Waals surface area contributed by atoms with E-state index in [1.807, 2.05) is 0 Å². The predicted molar refractivity (Wildman–Crippen MR) is 238 cm³/mol. The Hall–Kier alpha value is -0.980. The monoisotopic (exact) mass is 961 g/mol. The van der Waals surface area contributed by atoms with Crippen LogP contribution in [-0.2, 0) is 23.7 Å². The van der Waals surface area contributed by atoms with E-state index in [9.17, 15) is 66.4 Å². The first-order valence-corrected chi connectivity index (χ1v) is 24.9. The van der Waals surface area contributed by atoms with Gasteiger partial charge in [-0.2, -0.15) is 0 Å². The molecule has 0 aromatic heterocycles. The molecular formula is C49H84O18. The van der Waals surface area contributed by atoms with Crippen molar-refractivity contribution >= 4 is 0 Å². The van der Waals surface area contributed by atoms with Crippen molar-refractivity contribution in [1.29, 1.82) is 0 Å². The molecule has 2 heterocycles. The van der Waals surface area contributed by atoms with Gasteiger partial charge in [-0.15, -0.1) is 0 Å². The summed E-state index contributed by atoms with van der Waals surface area (Å²) in [6.45, 7) is 14.6. The fraction of sp³-hybridized carbons (Fsp3) is 0.959. The van der Waals surface area contributed by atoms with Gasteiger partial charge in [-0.25, -0.2) is 0 Å². The highest BCUT2D eigenvalue weighted by Crippen LogP contribution is 2.75. The van der Waals surface area contributed by atoms with Crippen LogP contribution in [-0.4, -0.2) is 196 Å². The molecule has 0 bridgehead atoms. The third-order valence-electron chi connectivity index (χ3n) is 19.2. The van der Waals surface area contributed by atoms with E-state index >= 15 is 0 Å². The van der Waals surface area contributed by atoms with E-state index in [2.05, 4.69) is 47.6 Å². The summed E-state index contributed by atoms with van der Waals surface area (Å²) in [6.07, 6.45) is -16.5. The number of rotatable bonds is 14. The molecule has 7 aliphatic rings. The number of ether oxygens (including phenoxy) is 5. The molecule has 4 saturated carbocycles. The van der Waals surface area contributed by atoms with Crippen molar-refractivity contribution in [1.82, 2.24) is 0 Å². The van der Waals surface area contributed by atoms with Crippen molar-refractivity contribution in [2.45, 2.75) is 223 Å². The first kappa shape index (κ1) is 53.8. The molecule has 5 aliphatic carbocycles. The molecule has 0 radical (unpaired) electrons. The van der Waals surface area contributed by atoms with Crippen LogP contribution in [0, 0.1) is 51.2 Å². The zero-order chi connectivity index (χ0) is 49.5. The molecule has 2 aliphatic heterocycles. The van der Waals surface area contributed by atoms with Crippen molar-refractivity contribution in [2.75, 3.05) is 19.8 Å². The highest BCUT2D eigenvalue weighted by Gasteiger charge is 2.70. The van der Waals surface area contributed by atoms with Gasteiger partial charge in [0.15, 0.2) is 12.6 Å². The van der Waals surface area contributed by atoms with Crippen LogP contribution in [0.5, 0.6) is 0 Å². The summed E-state index contributed by atoms with van der Waals surface area (Å²) in [5, 5.41) is 142. The lowest BCUT2D eigenvalue weighted by atomic mass is 9.38. The van der Waals surface area contributed by atoms with E-state index in [0.29, 0.717) is 25.7 Å². The summed E-state index contributed by atoms with van der Waals surface area (Å²) in [6, 6.07) is 0. The molecule has 7 rings (SSSR count). The maximum absolute atomic E-state index is 12.4. The molecule has 6 fully saturated rings. The molecule has 2 saturated heterocycles. The standard InChI is InChI=1S/C49H84O18/c1-22(24-15-16-47(6)30-12-10-25-26(11-13-31(53)45(25,2)3)49(30,8)32(54)18-48(24,47)7)9-14-33(46(4,5)62)66-44-42(38(59)36(57)28(20-51)64-44)67-43-40(61)39(60)41(29(21-52)65-43)63-27-17-23(19-50)34(55)37(58)35(27)56/h10,22-24,26-44,50-62H,9,11-21H2,1-8H3/t22-,23-,24?,26?,27-,28-,29-,30?,31+,32-,33-,34-,35+,36-,37+,38+,39-,40-,41-,42-,43+,44+,47+,48-,49+/m1/s1. The van der Waals surface area contributed by atoms with E-state index in [1.54, 1.807) is 13.8 Å². The van der Waals surface area contributed by atoms with Crippen molar-refractivity contribution in [3.63, 3.8) is 0 Å². The Morgan fingerprint density at radius 2 is 1.33 bits per heavy atom. The Kier molecular flexibility index (Phi) is 15.9. The van der Waals surface area contributed by atoms with Crippen molar-refractivity contribution in [3.05, 3.63) is 11.6 Å². The number of hydrogen-bond donors (Lipinski definition) is 13. The number of allylic oxidation sites excluding steroid dienone is 1. The summed E-state index contributed by atoms with van der Waals surface area (Å²) < 4.78 is 30.3. The largest absolute Gasteiger partial charge is 0.396 e. The van der Waals surface area contributed by atoms with E-state index in [0.717, 1.165) is 25.7 Å². The molecule has 388 valence electrons. The minimum absolute atomic E-state index is 0.0717. The van der Waals surface area contributed by atoms with Crippen LogP contribution >= 0.6 is 0 Å². The Labute approximate surface area is 394 Å². The quantitative estimate of drug-likeness (QED) is 0.0987. The van der Waals surface area contributed by atoms with Crippen molar-refractivity contribution in [3.8, 4) is 0 Å². The number of aliphatic hydroxyl groups is 13. The maximum Gasteiger partial charge on any atom is 0.187 e. The van der Waals surface area contributed by atoms with E-state index in [1.165, 1.54) is 5.57 Å². The SMILES string of the molecule is C[C@H](CC[C@@H](O[C@@H]1O[C@H](CO)[C@@H](O)[C@H](O)[C@H]1O[C@@H]1O[C@H](CO)[C@@H](O[C@@H]2C[C@H](CO)[C@@H](O)[C@H](O)[C@H]2O)[C@H](O)[C@H]1O)C(C)(C)O)C1CC[C@@]2(C)C3CC=C4C(CC[C@H](O)C4(C)C)[C@]3(C)[C@H](O)C[C@]12C. The molecule has 0 spiro atoms. The summed E-state index contributed by atoms with van der Waals surface area (Å²) in [5.74, 6) is -0.112. The Morgan fingerprint density at radius 1 is 0.687 bits per heavy atom. The van der Waals surface area contributed by atoms with Crippen LogP contribution in [0.3, 0.4) is 0 Å². The van der Waals surface area contributed by atoms with Gasteiger partial charge >= 0.3 is 0 Å². The molecule has 67 heavy (non-hydrogen) atoms. The maximum atomic E-state index is 12.4. The zero-order valence-electron chi connectivity index (χ0n) is 40.6. The van der Waals surface area contributed by atoms with Crippen LogP contribution in [0.4, 0.5) is 0 Å². The fourth-order valence-corrected chi connectivity index (χ4v) is 14.6. The zero-order valence-corrected chi connectivity index (χ0v) is 40.6. The minimum Gasteiger partial charge on any atom is -0.396 e. The van der Waals surface area contributed by atoms with Gasteiger partial charge in [0.05, 0.1) is 49.3 Å². The van der Waals surface area contributed by atoms with E-state index < -0.39 is 135 Å². The average Bonchev–Trinajstić information content (AvgIpc) is 3.54. The lowest BCUT2D eigenvalue weighted by molar-refractivity contribution is -0.380. The second kappa shape index (κ2) is 19.8. The van der Waals surface area contributed by atoms with Crippen molar-refractivity contribution < 1.29 is 90.1 Å². The Balaban J connectivity index is 1.06. The van der Waals surface area contributed by atoms with Gasteiger partial charge in [-0.05, 0) is 106 Å². The molecular weight excluding hydrogens is 877 g/mol. The van der Waals surface area contributed by atoms with Gasteiger partial charge < -0.3 is 90.1 Å². The normalized spacial score (nSPS) is 51.0. The highest BCUT2D eigenvalue weighted by molar-refractivity contribution is 5.31. The summed E-state index contributed by atoms with van der Waals surface area (Å²) in [7, 11) is 0. The fourth-order valence-electron chi connectivity index (χ4n) is 14.6. The molecule has 0 aromatic carbocycles. The number of hydrogen-bond acceptors (Lipinski definition) is 18. The third kappa shape index (κ3) is 9.15. The van der Waals surface area contributed by atoms with Gasteiger partial charge in [0.2, 0.25) is 0 Å². The number of fused-ring (bicyclic) bond motifs is 5. The van der Waals surface area contributed by atoms with Gasteiger partial charge in [0.25, 0.3) is 0 Å². The average molecular weight is 961 g/mol. The Morgan fingerprint density at radius 3 is 1.96 bits per heavy atom. The molecule has 0 amide bonds. The van der Waals surface area contributed by atoms with Crippen LogP contribution in [0.2, 0.25) is 0 Å². The lowest BCUT2D eigenvalue weighted by Gasteiger charge is -2.67.